The average molecular weight is 268 g/mol. The molecule has 0 aliphatic carbocycles. The molecule has 2 heterocycles. The van der Waals surface area contributed by atoms with E-state index >= 15 is 0 Å². The molecule has 3 aromatic rings. The van der Waals surface area contributed by atoms with Gasteiger partial charge in [-0.2, -0.15) is 0 Å². The summed E-state index contributed by atoms with van der Waals surface area (Å²) >= 11 is 1.85. The summed E-state index contributed by atoms with van der Waals surface area (Å²) < 4.78 is 1.34. The van der Waals surface area contributed by atoms with E-state index in [9.17, 15) is 0 Å². The minimum absolute atomic E-state index is 1.02. The van der Waals surface area contributed by atoms with Crippen LogP contribution < -0.4 is 4.90 Å². The molecule has 2 aromatic heterocycles. The van der Waals surface area contributed by atoms with Gasteiger partial charge in [-0.05, 0) is 36.1 Å². The molecule has 0 amide bonds. The molecule has 0 aliphatic heterocycles. The first-order valence-electron chi connectivity index (χ1n) is 6.54. The van der Waals surface area contributed by atoms with Crippen LogP contribution in [0.3, 0.4) is 0 Å². The van der Waals surface area contributed by atoms with Crippen molar-refractivity contribution in [2.75, 3.05) is 11.4 Å². The lowest BCUT2D eigenvalue weighted by atomic mass is 10.2. The van der Waals surface area contributed by atoms with Crippen molar-refractivity contribution >= 4 is 32.1 Å². The van der Waals surface area contributed by atoms with Crippen LogP contribution in [0.2, 0.25) is 0 Å². The molecule has 1 aromatic carbocycles. The van der Waals surface area contributed by atoms with E-state index < -0.39 is 0 Å². The number of aromatic nitrogens is 1. The van der Waals surface area contributed by atoms with Crippen molar-refractivity contribution in [1.82, 2.24) is 4.98 Å². The average Bonchev–Trinajstić information content (AvgIpc) is 2.89. The van der Waals surface area contributed by atoms with E-state index in [1.54, 1.807) is 0 Å². The topological polar surface area (TPSA) is 16.1 Å². The highest BCUT2D eigenvalue weighted by molar-refractivity contribution is 7.22. The van der Waals surface area contributed by atoms with Crippen molar-refractivity contribution in [3.63, 3.8) is 0 Å². The van der Waals surface area contributed by atoms with Crippen molar-refractivity contribution in [2.24, 2.45) is 0 Å². The summed E-state index contributed by atoms with van der Waals surface area (Å²) in [6, 6.07) is 15.0. The first kappa shape index (κ1) is 12.2. The minimum Gasteiger partial charge on any atom is -0.333 e. The molecule has 3 heteroatoms. The standard InChI is InChI=1S/C16H16N2S/c1-2-11-18(14-7-9-17-10-8-14)16-12-13-5-3-4-6-15(13)19-16/h3-10,12H,2,11H2,1H3. The third-order valence-corrected chi connectivity index (χ3v) is 4.24. The maximum atomic E-state index is 4.10. The highest BCUT2D eigenvalue weighted by Gasteiger charge is 2.11. The molecule has 0 saturated heterocycles. The number of rotatable bonds is 4. The molecule has 0 spiro atoms. The second-order valence-corrected chi connectivity index (χ2v) is 5.54. The summed E-state index contributed by atoms with van der Waals surface area (Å²) in [5.74, 6) is 0. The second-order valence-electron chi connectivity index (χ2n) is 4.48. The minimum atomic E-state index is 1.02. The predicted molar refractivity (Wildman–Crippen MR) is 83.4 cm³/mol. The molecule has 3 rings (SSSR count). The van der Waals surface area contributed by atoms with Crippen LogP contribution in [0.25, 0.3) is 10.1 Å². The molecule has 0 atom stereocenters. The molecule has 96 valence electrons. The largest absolute Gasteiger partial charge is 0.333 e. The quantitative estimate of drug-likeness (QED) is 0.672. The number of hydrogen-bond donors (Lipinski definition) is 0. The lowest BCUT2D eigenvalue weighted by Gasteiger charge is -2.22. The van der Waals surface area contributed by atoms with Crippen molar-refractivity contribution in [3.8, 4) is 0 Å². The van der Waals surface area contributed by atoms with Crippen molar-refractivity contribution in [2.45, 2.75) is 13.3 Å². The first-order valence-corrected chi connectivity index (χ1v) is 7.36. The van der Waals surface area contributed by atoms with Gasteiger partial charge in [-0.25, -0.2) is 0 Å². The van der Waals surface area contributed by atoms with Crippen molar-refractivity contribution < 1.29 is 0 Å². The van der Waals surface area contributed by atoms with Gasteiger partial charge in [-0.1, -0.05) is 25.1 Å². The molecule has 0 N–H and O–H groups in total. The Balaban J connectivity index is 2.04. The number of nitrogens with zero attached hydrogens (tertiary/aromatic N) is 2. The Morgan fingerprint density at radius 1 is 1.11 bits per heavy atom. The molecule has 0 fully saturated rings. The van der Waals surface area contributed by atoms with Crippen LogP contribution in [0.5, 0.6) is 0 Å². The van der Waals surface area contributed by atoms with Crippen molar-refractivity contribution in [1.29, 1.82) is 0 Å². The van der Waals surface area contributed by atoms with E-state index in [2.05, 4.69) is 59.3 Å². The highest BCUT2D eigenvalue weighted by atomic mass is 32.1. The van der Waals surface area contributed by atoms with Crippen LogP contribution in [0.1, 0.15) is 13.3 Å². The van der Waals surface area contributed by atoms with Crippen molar-refractivity contribution in [3.05, 3.63) is 54.9 Å². The monoisotopic (exact) mass is 268 g/mol. The van der Waals surface area contributed by atoms with E-state index in [-0.39, 0.29) is 0 Å². The lowest BCUT2D eigenvalue weighted by Crippen LogP contribution is -2.16. The van der Waals surface area contributed by atoms with E-state index in [4.69, 9.17) is 0 Å². The molecular formula is C16H16N2S. The summed E-state index contributed by atoms with van der Waals surface area (Å²) in [4.78, 5) is 6.47. The molecule has 0 saturated carbocycles. The molecule has 0 bridgehead atoms. The molecule has 0 unspecified atom stereocenters. The number of fused-ring (bicyclic) bond motifs is 1. The van der Waals surface area contributed by atoms with Gasteiger partial charge >= 0.3 is 0 Å². The van der Waals surface area contributed by atoms with Crippen LogP contribution in [-0.2, 0) is 0 Å². The third-order valence-electron chi connectivity index (χ3n) is 3.10. The van der Waals surface area contributed by atoms with Gasteiger partial charge in [0.05, 0.1) is 5.00 Å². The van der Waals surface area contributed by atoms with E-state index in [0.29, 0.717) is 0 Å². The maximum Gasteiger partial charge on any atom is 0.0965 e. The number of pyridine rings is 1. The zero-order valence-corrected chi connectivity index (χ0v) is 11.7. The Morgan fingerprint density at radius 3 is 2.63 bits per heavy atom. The molecule has 2 nitrogen and oxygen atoms in total. The number of hydrogen-bond acceptors (Lipinski definition) is 3. The van der Waals surface area contributed by atoms with Crippen LogP contribution in [0, 0.1) is 0 Å². The fraction of sp³-hybridized carbons (Fsp3) is 0.188. The molecule has 19 heavy (non-hydrogen) atoms. The van der Waals surface area contributed by atoms with Gasteiger partial charge in [-0.3, -0.25) is 4.98 Å². The summed E-state index contributed by atoms with van der Waals surface area (Å²) in [5, 5.41) is 2.62. The second kappa shape index (κ2) is 5.41. The smallest absolute Gasteiger partial charge is 0.0965 e. The molecular weight excluding hydrogens is 252 g/mol. The van der Waals surface area contributed by atoms with Gasteiger partial charge in [-0.15, -0.1) is 11.3 Å². The summed E-state index contributed by atoms with van der Waals surface area (Å²) in [7, 11) is 0. The van der Waals surface area contributed by atoms with E-state index in [1.165, 1.54) is 20.8 Å². The van der Waals surface area contributed by atoms with Crippen LogP contribution >= 0.6 is 11.3 Å². The molecule has 0 aliphatic rings. The lowest BCUT2D eigenvalue weighted by molar-refractivity contribution is 0.891. The summed E-state index contributed by atoms with van der Waals surface area (Å²) in [6.45, 7) is 3.23. The Bertz CT molecular complexity index is 628. The first-order chi connectivity index (χ1) is 9.38. The number of benzene rings is 1. The van der Waals surface area contributed by atoms with Crippen LogP contribution in [-0.4, -0.2) is 11.5 Å². The van der Waals surface area contributed by atoms with Crippen LogP contribution in [0.4, 0.5) is 10.7 Å². The Morgan fingerprint density at radius 2 is 1.89 bits per heavy atom. The van der Waals surface area contributed by atoms with Gasteiger partial charge in [0.2, 0.25) is 0 Å². The Kier molecular flexibility index (Phi) is 3.47. The van der Waals surface area contributed by atoms with Crippen LogP contribution in [0.15, 0.2) is 54.9 Å². The zero-order valence-electron chi connectivity index (χ0n) is 10.9. The zero-order chi connectivity index (χ0) is 13.1. The normalized spacial score (nSPS) is 10.8. The SMILES string of the molecule is CCCN(c1ccncc1)c1cc2ccccc2s1. The fourth-order valence-corrected chi connectivity index (χ4v) is 3.32. The fourth-order valence-electron chi connectivity index (χ4n) is 2.22. The number of thiophene rings is 1. The Hall–Kier alpha value is -1.87. The van der Waals surface area contributed by atoms with Gasteiger partial charge in [0.1, 0.15) is 0 Å². The summed E-state index contributed by atoms with van der Waals surface area (Å²) in [5.41, 5.74) is 1.21. The third kappa shape index (κ3) is 2.47. The van der Waals surface area contributed by atoms with E-state index in [1.807, 2.05) is 23.7 Å². The number of anilines is 2. The Labute approximate surface area is 117 Å². The van der Waals surface area contributed by atoms with E-state index in [0.717, 1.165) is 13.0 Å². The van der Waals surface area contributed by atoms with Gasteiger partial charge in [0.15, 0.2) is 0 Å². The van der Waals surface area contributed by atoms with Gasteiger partial charge in [0, 0.05) is 29.3 Å². The maximum absolute atomic E-state index is 4.10. The van der Waals surface area contributed by atoms with Gasteiger partial charge in [0.25, 0.3) is 0 Å². The predicted octanol–water partition coefficient (Wildman–Crippen LogP) is 4.84. The molecule has 0 radical (unpaired) electrons. The van der Waals surface area contributed by atoms with Gasteiger partial charge < -0.3 is 4.90 Å². The summed E-state index contributed by atoms with van der Waals surface area (Å²) in [6.07, 6.45) is 4.83. The highest BCUT2D eigenvalue weighted by Crippen LogP contribution is 2.36.